The van der Waals surface area contributed by atoms with Crippen LogP contribution in [0.15, 0.2) is 76.5 Å². The number of hydrazone groups is 1. The van der Waals surface area contributed by atoms with Crippen molar-refractivity contribution >= 4 is 29.8 Å². The van der Waals surface area contributed by atoms with Crippen molar-refractivity contribution in [2.45, 2.75) is 12.8 Å². The number of benzene rings is 2. The van der Waals surface area contributed by atoms with Crippen molar-refractivity contribution in [2.75, 3.05) is 26.3 Å². The summed E-state index contributed by atoms with van der Waals surface area (Å²) < 4.78 is 5.53. The molecule has 6 heteroatoms. The summed E-state index contributed by atoms with van der Waals surface area (Å²) in [5, 5.41) is 4.83. The van der Waals surface area contributed by atoms with Crippen molar-refractivity contribution in [3.63, 3.8) is 0 Å². The Morgan fingerprint density at radius 1 is 1.03 bits per heavy atom. The third-order valence-electron chi connectivity index (χ3n) is 5.23. The minimum atomic E-state index is -0.255. The number of hydrogen-bond donors (Lipinski definition) is 1. The molecule has 2 aromatic carbocycles. The molecular formula is C24H24ClN3O2. The van der Waals surface area contributed by atoms with E-state index in [-0.39, 0.29) is 5.91 Å². The van der Waals surface area contributed by atoms with E-state index in [0.717, 1.165) is 44.7 Å². The summed E-state index contributed by atoms with van der Waals surface area (Å²) in [7, 11) is 0. The number of morpholine rings is 1. The lowest BCUT2D eigenvalue weighted by molar-refractivity contribution is 0.0548. The van der Waals surface area contributed by atoms with Crippen molar-refractivity contribution < 1.29 is 9.53 Å². The van der Waals surface area contributed by atoms with Gasteiger partial charge in [0.15, 0.2) is 0 Å². The Kier molecular flexibility index (Phi) is 6.62. The molecule has 1 amide bonds. The third-order valence-corrected chi connectivity index (χ3v) is 5.48. The lowest BCUT2D eigenvalue weighted by atomic mass is 10.1. The van der Waals surface area contributed by atoms with Crippen molar-refractivity contribution in [1.29, 1.82) is 0 Å². The Balaban J connectivity index is 1.55. The summed E-state index contributed by atoms with van der Waals surface area (Å²) in [5.74, 6) is -0.255. The number of hydrogen-bond acceptors (Lipinski definition) is 4. The van der Waals surface area contributed by atoms with Crippen LogP contribution in [0.5, 0.6) is 0 Å². The van der Waals surface area contributed by atoms with Gasteiger partial charge in [0.25, 0.3) is 5.91 Å². The molecule has 2 aliphatic rings. The number of nitrogens with one attached hydrogen (secondary N) is 1. The highest BCUT2D eigenvalue weighted by Crippen LogP contribution is 2.34. The molecule has 0 aromatic heterocycles. The first-order valence-corrected chi connectivity index (χ1v) is 10.5. The summed E-state index contributed by atoms with van der Waals surface area (Å²) in [5.41, 5.74) is 7.98. The highest BCUT2D eigenvalue weighted by molar-refractivity contribution is 6.30. The number of ether oxygens (including phenoxy) is 1. The molecular weight excluding hydrogens is 398 g/mol. The van der Waals surface area contributed by atoms with E-state index in [9.17, 15) is 4.79 Å². The fraction of sp³-hybridized carbons (Fsp3) is 0.250. The quantitative estimate of drug-likeness (QED) is 0.570. The monoisotopic (exact) mass is 421 g/mol. The number of carbonyl (C=O) groups is 1. The Hall–Kier alpha value is -2.89. The molecule has 2 aromatic rings. The second-order valence-electron chi connectivity index (χ2n) is 7.26. The van der Waals surface area contributed by atoms with Crippen LogP contribution < -0.4 is 5.43 Å². The van der Waals surface area contributed by atoms with Crippen molar-refractivity contribution in [3.05, 3.63) is 87.6 Å². The van der Waals surface area contributed by atoms with Crippen LogP contribution in [0.25, 0.3) is 6.08 Å². The molecule has 1 aliphatic carbocycles. The molecule has 5 nitrogen and oxygen atoms in total. The SMILES string of the molecule is O=C(N/N=C\C1=C(N2CCOCC2)C(=Cc2ccccc2)CC1)c1ccc(Cl)cc1. The van der Waals surface area contributed by atoms with E-state index in [1.54, 1.807) is 30.5 Å². The Labute approximate surface area is 181 Å². The van der Waals surface area contributed by atoms with E-state index in [2.05, 4.69) is 33.6 Å². The van der Waals surface area contributed by atoms with Gasteiger partial charge in [0.1, 0.15) is 0 Å². The Bertz CT molecular complexity index is 975. The first kappa shape index (κ1) is 20.4. The van der Waals surface area contributed by atoms with Crippen LogP contribution in [0.3, 0.4) is 0 Å². The number of carbonyl (C=O) groups excluding carboxylic acids is 1. The van der Waals surface area contributed by atoms with E-state index >= 15 is 0 Å². The van der Waals surface area contributed by atoms with Gasteiger partial charge < -0.3 is 9.64 Å². The van der Waals surface area contributed by atoms with Crippen molar-refractivity contribution in [2.24, 2.45) is 5.10 Å². The topological polar surface area (TPSA) is 53.9 Å². The Morgan fingerprint density at radius 2 is 1.77 bits per heavy atom. The minimum Gasteiger partial charge on any atom is -0.378 e. The zero-order valence-electron chi connectivity index (χ0n) is 16.7. The van der Waals surface area contributed by atoms with Gasteiger partial charge in [0.05, 0.1) is 19.4 Å². The molecule has 1 heterocycles. The average molecular weight is 422 g/mol. The molecule has 4 rings (SSSR count). The Morgan fingerprint density at radius 3 is 2.50 bits per heavy atom. The van der Waals surface area contributed by atoms with Crippen LogP contribution in [0.4, 0.5) is 0 Å². The predicted octanol–water partition coefficient (Wildman–Crippen LogP) is 4.52. The van der Waals surface area contributed by atoms with Gasteiger partial charge in [-0.05, 0) is 59.9 Å². The van der Waals surface area contributed by atoms with Gasteiger partial charge in [-0.3, -0.25) is 4.79 Å². The maximum absolute atomic E-state index is 12.3. The van der Waals surface area contributed by atoms with Crippen LogP contribution in [-0.2, 0) is 4.74 Å². The highest BCUT2D eigenvalue weighted by atomic mass is 35.5. The van der Waals surface area contributed by atoms with E-state index in [4.69, 9.17) is 16.3 Å². The molecule has 0 bridgehead atoms. The maximum Gasteiger partial charge on any atom is 0.271 e. The fourth-order valence-electron chi connectivity index (χ4n) is 3.76. The molecule has 0 unspecified atom stereocenters. The van der Waals surface area contributed by atoms with E-state index in [1.807, 2.05) is 18.2 Å². The van der Waals surface area contributed by atoms with Crippen LogP contribution in [-0.4, -0.2) is 43.3 Å². The smallest absolute Gasteiger partial charge is 0.271 e. The fourth-order valence-corrected chi connectivity index (χ4v) is 3.88. The zero-order valence-corrected chi connectivity index (χ0v) is 17.4. The van der Waals surface area contributed by atoms with Gasteiger partial charge in [-0.2, -0.15) is 5.10 Å². The van der Waals surface area contributed by atoms with Gasteiger partial charge in [0, 0.05) is 29.4 Å². The van der Waals surface area contributed by atoms with E-state index in [0.29, 0.717) is 10.6 Å². The number of halogens is 1. The summed E-state index contributed by atoms with van der Waals surface area (Å²) in [6.45, 7) is 3.16. The summed E-state index contributed by atoms with van der Waals surface area (Å²) in [6, 6.07) is 17.1. The van der Waals surface area contributed by atoms with Gasteiger partial charge in [-0.25, -0.2) is 5.43 Å². The van der Waals surface area contributed by atoms with Gasteiger partial charge in [-0.1, -0.05) is 41.9 Å². The van der Waals surface area contributed by atoms with Crippen LogP contribution in [0, 0.1) is 0 Å². The second-order valence-corrected chi connectivity index (χ2v) is 7.70. The molecule has 1 saturated heterocycles. The largest absolute Gasteiger partial charge is 0.378 e. The lowest BCUT2D eigenvalue weighted by Crippen LogP contribution is -2.36. The van der Waals surface area contributed by atoms with Crippen molar-refractivity contribution in [1.82, 2.24) is 10.3 Å². The third kappa shape index (κ3) is 4.99. The van der Waals surface area contributed by atoms with Crippen molar-refractivity contribution in [3.8, 4) is 0 Å². The molecule has 0 radical (unpaired) electrons. The summed E-state index contributed by atoms with van der Waals surface area (Å²) in [6.07, 6.45) is 5.88. The second kappa shape index (κ2) is 9.74. The predicted molar refractivity (Wildman–Crippen MR) is 120 cm³/mol. The van der Waals surface area contributed by atoms with Gasteiger partial charge in [-0.15, -0.1) is 0 Å². The van der Waals surface area contributed by atoms with Gasteiger partial charge in [0.2, 0.25) is 0 Å². The molecule has 0 saturated carbocycles. The van der Waals surface area contributed by atoms with Gasteiger partial charge >= 0.3 is 0 Å². The standard InChI is InChI=1S/C24H24ClN3O2/c25-22-10-8-19(9-11-22)24(29)27-26-17-21-7-6-20(16-18-4-2-1-3-5-18)23(21)28-12-14-30-15-13-28/h1-5,8-11,16-17H,6-7,12-15H2,(H,27,29)/b20-16?,26-17-. The number of rotatable bonds is 5. The maximum atomic E-state index is 12.3. The molecule has 1 fully saturated rings. The zero-order chi connectivity index (χ0) is 20.8. The first-order chi connectivity index (χ1) is 14.7. The number of allylic oxidation sites excluding steroid dienone is 2. The highest BCUT2D eigenvalue weighted by Gasteiger charge is 2.25. The lowest BCUT2D eigenvalue weighted by Gasteiger charge is -2.31. The number of nitrogens with zero attached hydrogens (tertiary/aromatic N) is 2. The molecule has 1 aliphatic heterocycles. The molecule has 0 atom stereocenters. The van der Waals surface area contributed by atoms with Crippen LogP contribution in [0.2, 0.25) is 5.02 Å². The van der Waals surface area contributed by atoms with E-state index in [1.165, 1.54) is 16.8 Å². The molecule has 0 spiro atoms. The molecule has 154 valence electrons. The molecule has 30 heavy (non-hydrogen) atoms. The normalized spacial score (nSPS) is 18.4. The van der Waals surface area contributed by atoms with E-state index < -0.39 is 0 Å². The summed E-state index contributed by atoms with van der Waals surface area (Å²) in [4.78, 5) is 14.7. The summed E-state index contributed by atoms with van der Waals surface area (Å²) >= 11 is 5.88. The molecule has 1 N–H and O–H groups in total. The minimum absolute atomic E-state index is 0.255. The van der Waals surface area contributed by atoms with Crippen LogP contribution in [0.1, 0.15) is 28.8 Å². The average Bonchev–Trinajstić information content (AvgIpc) is 3.17. The van der Waals surface area contributed by atoms with Crippen LogP contribution >= 0.6 is 11.6 Å². The first-order valence-electron chi connectivity index (χ1n) is 10.1. The number of amides is 1.